The lowest BCUT2D eigenvalue weighted by Crippen LogP contribution is -2.34. The van der Waals surface area contributed by atoms with Crippen molar-refractivity contribution in [1.82, 2.24) is 19.6 Å². The Morgan fingerprint density at radius 3 is 2.59 bits per heavy atom. The van der Waals surface area contributed by atoms with Crippen LogP contribution in [0.1, 0.15) is 62.1 Å². The van der Waals surface area contributed by atoms with Gasteiger partial charge in [0.2, 0.25) is 5.91 Å². The molecule has 3 aromatic heterocycles. The van der Waals surface area contributed by atoms with Crippen LogP contribution in [0.4, 0.5) is 23.2 Å². The van der Waals surface area contributed by atoms with Gasteiger partial charge in [0.15, 0.2) is 18.2 Å². The van der Waals surface area contributed by atoms with Crippen molar-refractivity contribution in [2.24, 2.45) is 5.92 Å². The minimum atomic E-state index is -4.57. The first kappa shape index (κ1) is 31.3. The molecule has 3 atom stereocenters. The number of aromatic nitrogens is 5. The fourth-order valence-corrected chi connectivity index (χ4v) is 6.05. The highest BCUT2D eigenvalue weighted by atomic mass is 35.5. The number of carbonyl (C=O) groups excluding carboxylic acids is 1. The zero-order valence-corrected chi connectivity index (χ0v) is 25.6. The third kappa shape index (κ3) is 6.09. The van der Waals surface area contributed by atoms with Gasteiger partial charge in [-0.2, -0.15) is 28.1 Å². The number of carbonyl (C=O) groups is 1. The number of benzene rings is 2. The van der Waals surface area contributed by atoms with Gasteiger partial charge in [0.05, 0.1) is 40.9 Å². The van der Waals surface area contributed by atoms with Crippen molar-refractivity contribution in [3.63, 3.8) is 0 Å². The van der Waals surface area contributed by atoms with Gasteiger partial charge >= 0.3 is 6.18 Å². The summed E-state index contributed by atoms with van der Waals surface area (Å²) in [6, 6.07) is 15.5. The Labute approximate surface area is 266 Å². The molecule has 4 heterocycles. The van der Waals surface area contributed by atoms with E-state index in [0.717, 1.165) is 27.4 Å². The molecule has 1 aliphatic rings. The van der Waals surface area contributed by atoms with Gasteiger partial charge in [0.25, 0.3) is 0 Å². The van der Waals surface area contributed by atoms with E-state index in [4.69, 9.17) is 11.6 Å². The molecular formula is C33H29ClF4N6O2. The molecule has 0 fully saturated rings. The molecule has 2 bridgehead atoms. The van der Waals surface area contributed by atoms with Crippen LogP contribution in [0, 0.1) is 11.1 Å². The molecular weight excluding hydrogens is 624 g/mol. The third-order valence-electron chi connectivity index (χ3n) is 8.26. The maximum absolute atomic E-state index is 14.6. The highest BCUT2D eigenvalue weighted by molar-refractivity contribution is 6.31. The SMILES string of the molecule is CC1CCCC(c2ccc(-c3cc(Cl)ccc3-n3cc(C(F)(F)F)cn3)c[n+]2[O-])c2cccc(c2)-c2c(cnn2C(C)F)NC1=O. The second-order valence-corrected chi connectivity index (χ2v) is 11.9. The minimum Gasteiger partial charge on any atom is -0.618 e. The molecule has 0 saturated heterocycles. The van der Waals surface area contributed by atoms with E-state index in [0.29, 0.717) is 63.7 Å². The van der Waals surface area contributed by atoms with E-state index < -0.39 is 18.0 Å². The summed E-state index contributed by atoms with van der Waals surface area (Å²) in [4.78, 5) is 13.0. The van der Waals surface area contributed by atoms with Gasteiger partial charge in [0, 0.05) is 39.9 Å². The minimum absolute atomic E-state index is 0.208. The van der Waals surface area contributed by atoms with E-state index in [1.165, 1.54) is 30.1 Å². The van der Waals surface area contributed by atoms with Crippen LogP contribution < -0.4 is 10.0 Å². The Hall–Kier alpha value is -4.71. The molecule has 8 nitrogen and oxygen atoms in total. The van der Waals surface area contributed by atoms with Gasteiger partial charge in [-0.05, 0) is 55.7 Å². The van der Waals surface area contributed by atoms with E-state index in [-0.39, 0.29) is 17.7 Å². The number of nitrogens with one attached hydrogen (secondary N) is 1. The Morgan fingerprint density at radius 1 is 1.07 bits per heavy atom. The number of alkyl halides is 4. The van der Waals surface area contributed by atoms with Gasteiger partial charge in [-0.15, -0.1) is 0 Å². The van der Waals surface area contributed by atoms with Crippen LogP contribution in [0.25, 0.3) is 28.1 Å². The van der Waals surface area contributed by atoms with Crippen molar-refractivity contribution in [3.8, 4) is 28.1 Å². The highest BCUT2D eigenvalue weighted by Gasteiger charge is 2.33. The van der Waals surface area contributed by atoms with Crippen molar-refractivity contribution in [1.29, 1.82) is 0 Å². The lowest BCUT2D eigenvalue weighted by atomic mass is 9.86. The smallest absolute Gasteiger partial charge is 0.419 e. The molecule has 13 heteroatoms. The fraction of sp³-hybridized carbons (Fsp3) is 0.273. The van der Waals surface area contributed by atoms with E-state index in [2.05, 4.69) is 15.5 Å². The van der Waals surface area contributed by atoms with Crippen LogP contribution in [-0.2, 0) is 11.0 Å². The van der Waals surface area contributed by atoms with Crippen molar-refractivity contribution in [2.75, 3.05) is 5.32 Å². The second-order valence-electron chi connectivity index (χ2n) is 11.4. The predicted molar refractivity (Wildman–Crippen MR) is 165 cm³/mol. The number of rotatable bonds is 4. The molecule has 5 aromatic rings. The average molecular weight is 653 g/mol. The van der Waals surface area contributed by atoms with E-state index >= 15 is 0 Å². The summed E-state index contributed by atoms with van der Waals surface area (Å²) in [5, 5.41) is 25.1. The first-order valence-electron chi connectivity index (χ1n) is 14.7. The average Bonchev–Trinajstić information content (AvgIpc) is 3.67. The predicted octanol–water partition coefficient (Wildman–Crippen LogP) is 8.09. The fourth-order valence-electron chi connectivity index (χ4n) is 5.88. The number of anilines is 1. The summed E-state index contributed by atoms with van der Waals surface area (Å²) in [5.41, 5.74) is 2.95. The van der Waals surface area contributed by atoms with Crippen molar-refractivity contribution in [2.45, 2.75) is 51.5 Å². The third-order valence-corrected chi connectivity index (χ3v) is 8.49. The molecule has 0 saturated carbocycles. The quantitative estimate of drug-likeness (QED) is 0.121. The Morgan fingerprint density at radius 2 is 1.87 bits per heavy atom. The van der Waals surface area contributed by atoms with Crippen LogP contribution in [0.5, 0.6) is 0 Å². The number of amides is 1. The number of pyridine rings is 1. The molecule has 1 amide bonds. The van der Waals surface area contributed by atoms with Crippen molar-refractivity contribution < 1.29 is 27.1 Å². The first-order valence-corrected chi connectivity index (χ1v) is 15.1. The lowest BCUT2D eigenvalue weighted by Gasteiger charge is -2.21. The lowest BCUT2D eigenvalue weighted by molar-refractivity contribution is -0.614. The van der Waals surface area contributed by atoms with E-state index in [1.54, 1.807) is 30.3 Å². The maximum atomic E-state index is 14.6. The summed E-state index contributed by atoms with van der Waals surface area (Å²) >= 11 is 6.28. The number of nitrogens with zero attached hydrogens (tertiary/aromatic N) is 5. The van der Waals surface area contributed by atoms with E-state index in [9.17, 15) is 27.6 Å². The summed E-state index contributed by atoms with van der Waals surface area (Å²) in [6.07, 6.45) is 0.136. The molecule has 1 N–H and O–H groups in total. The maximum Gasteiger partial charge on any atom is 0.419 e. The number of hydrogen-bond acceptors (Lipinski definition) is 4. The van der Waals surface area contributed by atoms with Crippen LogP contribution in [0.2, 0.25) is 5.02 Å². The first-order chi connectivity index (χ1) is 21.9. The second kappa shape index (κ2) is 12.2. The summed E-state index contributed by atoms with van der Waals surface area (Å²) in [7, 11) is 0. The van der Waals surface area contributed by atoms with Gasteiger partial charge < -0.3 is 10.5 Å². The summed E-state index contributed by atoms with van der Waals surface area (Å²) in [5.74, 6) is -0.940. The van der Waals surface area contributed by atoms with Crippen LogP contribution >= 0.6 is 11.6 Å². The number of fused-ring (bicyclic) bond motifs is 4. The molecule has 0 spiro atoms. The zero-order valence-electron chi connectivity index (χ0n) is 24.8. The summed E-state index contributed by atoms with van der Waals surface area (Å²) in [6.45, 7) is 3.18. The number of hydrogen-bond donors (Lipinski definition) is 1. The Bertz CT molecular complexity index is 1920. The molecule has 0 radical (unpaired) electrons. The van der Waals surface area contributed by atoms with E-state index in [1.807, 2.05) is 25.1 Å². The van der Waals surface area contributed by atoms with Crippen LogP contribution in [0.3, 0.4) is 0 Å². The topological polar surface area (TPSA) is 91.7 Å². The largest absolute Gasteiger partial charge is 0.618 e. The molecule has 46 heavy (non-hydrogen) atoms. The molecule has 6 rings (SSSR count). The van der Waals surface area contributed by atoms with Crippen LogP contribution in [-0.4, -0.2) is 25.5 Å². The van der Waals surface area contributed by atoms with Gasteiger partial charge in [-0.1, -0.05) is 43.1 Å². The van der Waals surface area contributed by atoms with Gasteiger partial charge in [-0.3, -0.25) is 4.79 Å². The summed E-state index contributed by atoms with van der Waals surface area (Å²) < 4.78 is 57.6. The van der Waals surface area contributed by atoms with Crippen molar-refractivity contribution >= 4 is 23.2 Å². The van der Waals surface area contributed by atoms with Crippen molar-refractivity contribution in [3.05, 3.63) is 106 Å². The normalized spacial score (nSPS) is 17.8. The molecule has 1 aliphatic heterocycles. The van der Waals surface area contributed by atoms with Crippen LogP contribution in [0.15, 0.2) is 79.4 Å². The van der Waals surface area contributed by atoms with Gasteiger partial charge in [-0.25, -0.2) is 13.8 Å². The zero-order chi connectivity index (χ0) is 32.7. The molecule has 3 unspecified atom stereocenters. The Kier molecular flexibility index (Phi) is 8.32. The standard InChI is InChI=1S/C33H29ClF4N6O2/c1-19-5-3-8-26(21-6-4-7-22(13-21)31-28(41-32(19)45)16-40-44(31)20(2)35)30-11-9-23(17-43(30)46)27-14-25(34)10-12-29(27)42-18-24(15-39-42)33(36,37)38/h4,6-7,9-20,26H,3,5,8H2,1-2H3,(H,41,45). The monoisotopic (exact) mass is 652 g/mol. The Balaban J connectivity index is 1.43. The molecule has 2 aromatic carbocycles. The molecule has 238 valence electrons. The van der Waals surface area contributed by atoms with Gasteiger partial charge in [0.1, 0.15) is 0 Å². The molecule has 0 aliphatic carbocycles. The number of halogens is 5. The highest BCUT2D eigenvalue weighted by Crippen LogP contribution is 2.38.